The van der Waals surface area contributed by atoms with E-state index in [1.54, 1.807) is 45.0 Å². The average molecular weight is 376 g/mol. The highest BCUT2D eigenvalue weighted by molar-refractivity contribution is 14.1. The van der Waals surface area contributed by atoms with Crippen molar-refractivity contribution in [1.82, 2.24) is 0 Å². The molecule has 19 heavy (non-hydrogen) atoms. The molecule has 0 aliphatic rings. The van der Waals surface area contributed by atoms with Gasteiger partial charge >= 0.3 is 11.9 Å². The average Bonchev–Trinajstić information content (AvgIpc) is 2.34. The molecule has 0 saturated carbocycles. The maximum absolute atomic E-state index is 11.8. The lowest BCUT2D eigenvalue weighted by atomic mass is 10.1. The Morgan fingerprint density at radius 3 is 1.95 bits per heavy atom. The first-order valence-electron chi connectivity index (χ1n) is 5.90. The first kappa shape index (κ1) is 15.9. The summed E-state index contributed by atoms with van der Waals surface area (Å²) in [6.07, 6.45) is 0. The Hall–Kier alpha value is -1.11. The van der Waals surface area contributed by atoms with Crippen molar-refractivity contribution in [2.24, 2.45) is 0 Å². The zero-order valence-corrected chi connectivity index (χ0v) is 13.4. The van der Waals surface area contributed by atoms with Crippen LogP contribution in [0.1, 0.15) is 41.5 Å². The third kappa shape index (κ3) is 5.59. The second kappa shape index (κ2) is 6.88. The molecule has 0 unspecified atom stereocenters. The quantitative estimate of drug-likeness (QED) is 0.460. The van der Waals surface area contributed by atoms with Crippen molar-refractivity contribution in [2.45, 2.75) is 26.4 Å². The van der Waals surface area contributed by atoms with Crippen LogP contribution < -0.4 is 0 Å². The van der Waals surface area contributed by atoms with Crippen LogP contribution in [0.25, 0.3) is 0 Å². The highest BCUT2D eigenvalue weighted by Gasteiger charge is 2.18. The standard InChI is InChI=1S/C14H17IO4/c1-14(2,3)19-13(17)11-6-4-10(5-7-11)12(16)18-9-8-15/h4-7H,8-9H2,1-3H3. The number of carbonyl (C=O) groups is 2. The predicted molar refractivity (Wildman–Crippen MR) is 80.8 cm³/mol. The number of alkyl halides is 1. The number of halogens is 1. The Morgan fingerprint density at radius 1 is 1.05 bits per heavy atom. The Bertz CT molecular complexity index is 446. The second-order valence-electron chi connectivity index (χ2n) is 4.90. The molecule has 0 atom stereocenters. The van der Waals surface area contributed by atoms with Gasteiger partial charge in [0.1, 0.15) is 12.2 Å². The molecule has 1 aromatic carbocycles. The normalized spacial score (nSPS) is 10.9. The molecule has 0 amide bonds. The summed E-state index contributed by atoms with van der Waals surface area (Å²) >= 11 is 2.13. The maximum Gasteiger partial charge on any atom is 0.338 e. The van der Waals surface area contributed by atoms with Gasteiger partial charge in [-0.25, -0.2) is 9.59 Å². The number of hydrogen-bond donors (Lipinski definition) is 0. The van der Waals surface area contributed by atoms with Crippen molar-refractivity contribution >= 4 is 34.5 Å². The third-order valence-corrected chi connectivity index (χ3v) is 2.51. The van der Waals surface area contributed by atoms with Gasteiger partial charge in [-0.15, -0.1) is 0 Å². The van der Waals surface area contributed by atoms with Gasteiger partial charge in [-0.3, -0.25) is 0 Å². The molecular formula is C14H17IO4. The van der Waals surface area contributed by atoms with Crippen LogP contribution in [0.15, 0.2) is 24.3 Å². The van der Waals surface area contributed by atoms with Gasteiger partial charge in [0.25, 0.3) is 0 Å². The van der Waals surface area contributed by atoms with E-state index in [0.29, 0.717) is 17.7 Å². The van der Waals surface area contributed by atoms with E-state index in [4.69, 9.17) is 9.47 Å². The molecule has 1 aromatic rings. The molecule has 0 fully saturated rings. The van der Waals surface area contributed by atoms with Crippen molar-refractivity contribution < 1.29 is 19.1 Å². The van der Waals surface area contributed by atoms with Crippen LogP contribution in [0, 0.1) is 0 Å². The van der Waals surface area contributed by atoms with Crippen LogP contribution in [0.4, 0.5) is 0 Å². The molecule has 104 valence electrons. The number of benzene rings is 1. The fraction of sp³-hybridized carbons (Fsp3) is 0.429. The van der Waals surface area contributed by atoms with E-state index in [-0.39, 0.29) is 5.97 Å². The molecule has 0 bridgehead atoms. The van der Waals surface area contributed by atoms with Gasteiger partial charge in [0.05, 0.1) is 11.1 Å². The van der Waals surface area contributed by atoms with E-state index in [1.807, 2.05) is 0 Å². The van der Waals surface area contributed by atoms with Crippen LogP contribution in [0.5, 0.6) is 0 Å². The summed E-state index contributed by atoms with van der Waals surface area (Å²) in [5.41, 5.74) is 0.312. The van der Waals surface area contributed by atoms with Gasteiger partial charge in [0.2, 0.25) is 0 Å². The van der Waals surface area contributed by atoms with Crippen LogP contribution in [-0.2, 0) is 9.47 Å². The van der Waals surface area contributed by atoms with Crippen molar-refractivity contribution in [3.8, 4) is 0 Å². The monoisotopic (exact) mass is 376 g/mol. The minimum atomic E-state index is -0.533. The van der Waals surface area contributed by atoms with Crippen molar-refractivity contribution in [2.75, 3.05) is 11.0 Å². The Labute approximate surface area is 126 Å². The number of hydrogen-bond acceptors (Lipinski definition) is 4. The summed E-state index contributed by atoms with van der Waals surface area (Å²) in [6.45, 7) is 5.80. The minimum Gasteiger partial charge on any atom is -0.461 e. The van der Waals surface area contributed by atoms with E-state index < -0.39 is 11.6 Å². The number of carbonyl (C=O) groups excluding carboxylic acids is 2. The van der Waals surface area contributed by atoms with E-state index in [2.05, 4.69) is 22.6 Å². The van der Waals surface area contributed by atoms with Gasteiger partial charge in [-0.05, 0) is 45.0 Å². The molecule has 0 aliphatic carbocycles. The van der Waals surface area contributed by atoms with Gasteiger partial charge in [0.15, 0.2) is 0 Å². The van der Waals surface area contributed by atoms with Gasteiger partial charge in [0, 0.05) is 4.43 Å². The lowest BCUT2D eigenvalue weighted by Gasteiger charge is -2.19. The van der Waals surface area contributed by atoms with Crippen molar-refractivity contribution in [3.05, 3.63) is 35.4 Å². The van der Waals surface area contributed by atoms with Gasteiger partial charge < -0.3 is 9.47 Å². The summed E-state index contributed by atoms with van der Waals surface area (Å²) in [5.74, 6) is -0.785. The van der Waals surface area contributed by atoms with Crippen molar-refractivity contribution in [1.29, 1.82) is 0 Å². The molecular weight excluding hydrogens is 359 g/mol. The smallest absolute Gasteiger partial charge is 0.338 e. The summed E-state index contributed by atoms with van der Waals surface area (Å²) in [4.78, 5) is 23.3. The van der Waals surface area contributed by atoms with E-state index in [1.165, 1.54) is 0 Å². The second-order valence-corrected chi connectivity index (χ2v) is 5.98. The fourth-order valence-corrected chi connectivity index (χ4v) is 1.51. The summed E-state index contributed by atoms with van der Waals surface area (Å²) in [7, 11) is 0. The molecule has 0 aliphatic heterocycles. The van der Waals surface area contributed by atoms with Crippen molar-refractivity contribution in [3.63, 3.8) is 0 Å². The molecule has 5 heteroatoms. The Morgan fingerprint density at radius 2 is 1.53 bits per heavy atom. The number of rotatable bonds is 4. The van der Waals surface area contributed by atoms with Gasteiger partial charge in [-0.2, -0.15) is 0 Å². The predicted octanol–water partition coefficient (Wildman–Crippen LogP) is 3.23. The highest BCUT2D eigenvalue weighted by Crippen LogP contribution is 2.13. The summed E-state index contributed by atoms with van der Waals surface area (Å²) in [5, 5.41) is 0. The largest absolute Gasteiger partial charge is 0.461 e. The number of ether oxygens (including phenoxy) is 2. The van der Waals surface area contributed by atoms with Crippen LogP contribution in [0.3, 0.4) is 0 Å². The third-order valence-electron chi connectivity index (χ3n) is 2.07. The minimum absolute atomic E-state index is 0.382. The molecule has 0 N–H and O–H groups in total. The first-order chi connectivity index (χ1) is 8.83. The van der Waals surface area contributed by atoms with Crippen LogP contribution in [0.2, 0.25) is 0 Å². The number of esters is 2. The lowest BCUT2D eigenvalue weighted by molar-refractivity contribution is 0.00690. The van der Waals surface area contributed by atoms with E-state index in [0.717, 1.165) is 4.43 Å². The van der Waals surface area contributed by atoms with E-state index in [9.17, 15) is 9.59 Å². The first-order valence-corrected chi connectivity index (χ1v) is 7.42. The summed E-state index contributed by atoms with van der Waals surface area (Å²) in [6, 6.07) is 6.26. The molecule has 0 spiro atoms. The zero-order valence-electron chi connectivity index (χ0n) is 11.2. The molecule has 0 heterocycles. The summed E-state index contributed by atoms with van der Waals surface area (Å²) < 4.78 is 11.0. The SMILES string of the molecule is CC(C)(C)OC(=O)c1ccc(C(=O)OCCI)cc1. The molecule has 0 aromatic heterocycles. The molecule has 0 radical (unpaired) electrons. The lowest BCUT2D eigenvalue weighted by Crippen LogP contribution is -2.23. The van der Waals surface area contributed by atoms with Crippen LogP contribution >= 0.6 is 22.6 Å². The van der Waals surface area contributed by atoms with Crippen LogP contribution in [-0.4, -0.2) is 28.6 Å². The van der Waals surface area contributed by atoms with E-state index >= 15 is 0 Å². The molecule has 0 saturated heterocycles. The highest BCUT2D eigenvalue weighted by atomic mass is 127. The van der Waals surface area contributed by atoms with Gasteiger partial charge in [-0.1, -0.05) is 22.6 Å². The topological polar surface area (TPSA) is 52.6 Å². The molecule has 4 nitrogen and oxygen atoms in total. The zero-order chi connectivity index (χ0) is 14.5. The fourth-order valence-electron chi connectivity index (χ4n) is 1.29. The maximum atomic E-state index is 11.8. The molecule has 1 rings (SSSR count). The Balaban J connectivity index is 2.71. The Kier molecular flexibility index (Phi) is 5.78.